The number of carbonyl (C=O) groups excluding carboxylic acids is 1. The fourth-order valence-electron chi connectivity index (χ4n) is 3.41. The van der Waals surface area contributed by atoms with Crippen molar-refractivity contribution in [3.05, 3.63) is 35.1 Å². The number of rotatable bonds is 1. The largest absolute Gasteiger partial charge is 0.332 e. The van der Waals surface area contributed by atoms with Gasteiger partial charge in [0.2, 0.25) is 12.3 Å². The average Bonchev–Trinajstić information content (AvgIpc) is 2.99. The third kappa shape index (κ3) is 3.84. The first-order chi connectivity index (χ1) is 10.8. The van der Waals surface area contributed by atoms with Crippen LogP contribution in [0.15, 0.2) is 18.2 Å². The second-order valence-electron chi connectivity index (χ2n) is 6.03. The quantitative estimate of drug-likeness (QED) is 0.782. The molecule has 1 aromatic carbocycles. The van der Waals surface area contributed by atoms with Gasteiger partial charge in [-0.05, 0) is 49.9 Å². The summed E-state index contributed by atoms with van der Waals surface area (Å²) in [5.74, 6) is -0.177. The van der Waals surface area contributed by atoms with Crippen molar-refractivity contribution < 1.29 is 18.0 Å². The lowest BCUT2D eigenvalue weighted by Gasteiger charge is -2.25. The Morgan fingerprint density at radius 1 is 1.30 bits per heavy atom. The molecule has 2 aliphatic rings. The Labute approximate surface area is 133 Å². The molecule has 0 saturated carbocycles. The van der Waals surface area contributed by atoms with E-state index in [9.17, 15) is 18.0 Å². The highest BCUT2D eigenvalue weighted by molar-refractivity contribution is 5.82. The van der Waals surface area contributed by atoms with Crippen LogP contribution < -0.4 is 0 Å². The lowest BCUT2D eigenvalue weighted by molar-refractivity contribution is -0.132. The van der Waals surface area contributed by atoms with Crippen LogP contribution in [0.4, 0.5) is 13.2 Å². The summed E-state index contributed by atoms with van der Waals surface area (Å²) in [5.41, 5.74) is 1.07. The average molecular weight is 324 g/mol. The molecule has 2 aliphatic heterocycles. The van der Waals surface area contributed by atoms with Gasteiger partial charge in [0.1, 0.15) is 5.82 Å². The maximum atomic E-state index is 13.5. The standard InChI is InChI=1S/C15H15FN2O.C2H4F2/c1-9-4-13-2-3-14(18(13)15(9)19)11-5-10(8-17)6-12(16)7-11;1-2(3)4/h5-7,9,13-14H,2-4H2,1H3;2H,1H3. The minimum absolute atomic E-state index is 0.0646. The number of nitriles is 1. The number of hydrogen-bond acceptors (Lipinski definition) is 2. The molecule has 3 unspecified atom stereocenters. The van der Waals surface area contributed by atoms with Crippen LogP contribution in [0.1, 0.15) is 50.3 Å². The summed E-state index contributed by atoms with van der Waals surface area (Å²) in [6, 6.07) is 6.57. The third-order valence-corrected chi connectivity index (χ3v) is 4.24. The summed E-state index contributed by atoms with van der Waals surface area (Å²) >= 11 is 0. The predicted molar refractivity (Wildman–Crippen MR) is 79.2 cm³/mol. The fraction of sp³-hybridized carbons (Fsp3) is 0.529. The van der Waals surface area contributed by atoms with Crippen LogP contribution in [0.3, 0.4) is 0 Å². The maximum absolute atomic E-state index is 13.5. The van der Waals surface area contributed by atoms with Crippen molar-refractivity contribution in [2.75, 3.05) is 0 Å². The second-order valence-corrected chi connectivity index (χ2v) is 6.03. The molecule has 23 heavy (non-hydrogen) atoms. The van der Waals surface area contributed by atoms with Gasteiger partial charge in [-0.1, -0.05) is 6.92 Å². The van der Waals surface area contributed by atoms with Crippen LogP contribution in [0.2, 0.25) is 0 Å². The van der Waals surface area contributed by atoms with Gasteiger partial charge in [0.05, 0.1) is 17.7 Å². The van der Waals surface area contributed by atoms with Crippen LogP contribution in [0.5, 0.6) is 0 Å². The molecule has 0 aliphatic carbocycles. The molecule has 0 N–H and O–H groups in total. The molecular formula is C17H19F3N2O. The molecule has 1 amide bonds. The molecule has 0 bridgehead atoms. The first-order valence-electron chi connectivity index (χ1n) is 7.64. The minimum Gasteiger partial charge on any atom is -0.332 e. The Kier molecular flexibility index (Phi) is 5.30. The van der Waals surface area contributed by atoms with Gasteiger partial charge in [0.25, 0.3) is 0 Å². The Hall–Kier alpha value is -2.03. The first-order valence-corrected chi connectivity index (χ1v) is 7.64. The van der Waals surface area contributed by atoms with Crippen LogP contribution in [-0.2, 0) is 4.79 Å². The number of nitrogens with zero attached hydrogens (tertiary/aromatic N) is 2. The highest BCUT2D eigenvalue weighted by atomic mass is 19.3. The fourth-order valence-corrected chi connectivity index (χ4v) is 3.41. The van der Waals surface area contributed by atoms with E-state index in [-0.39, 0.29) is 17.9 Å². The molecule has 0 radical (unpaired) electrons. The van der Waals surface area contributed by atoms with Crippen molar-refractivity contribution in [2.24, 2.45) is 5.92 Å². The molecule has 2 heterocycles. The van der Waals surface area contributed by atoms with Crippen molar-refractivity contribution in [2.45, 2.75) is 51.6 Å². The van der Waals surface area contributed by atoms with E-state index >= 15 is 0 Å². The summed E-state index contributed by atoms with van der Waals surface area (Å²) in [7, 11) is 0. The van der Waals surface area contributed by atoms with Crippen LogP contribution in [-0.4, -0.2) is 23.3 Å². The Morgan fingerprint density at radius 3 is 2.57 bits per heavy atom. The van der Waals surface area contributed by atoms with Crippen LogP contribution in [0.25, 0.3) is 0 Å². The molecule has 2 saturated heterocycles. The zero-order valence-corrected chi connectivity index (χ0v) is 13.1. The van der Waals surface area contributed by atoms with Gasteiger partial charge < -0.3 is 4.90 Å². The number of carbonyl (C=O) groups is 1. The smallest absolute Gasteiger partial charge is 0.235 e. The lowest BCUT2D eigenvalue weighted by atomic mass is 9.99. The van der Waals surface area contributed by atoms with Crippen molar-refractivity contribution in [3.8, 4) is 6.07 Å². The van der Waals surface area contributed by atoms with Gasteiger partial charge in [0, 0.05) is 12.0 Å². The highest BCUT2D eigenvalue weighted by Gasteiger charge is 2.45. The van der Waals surface area contributed by atoms with Gasteiger partial charge >= 0.3 is 0 Å². The van der Waals surface area contributed by atoms with E-state index < -0.39 is 12.2 Å². The normalized spacial score (nSPS) is 25.9. The molecule has 1 aromatic rings. The van der Waals surface area contributed by atoms with E-state index in [1.807, 2.05) is 17.9 Å². The first kappa shape index (κ1) is 17.3. The SMILES string of the molecule is CC(F)F.CC1CC2CCC(c3cc(F)cc(C#N)c3)N2C1=O. The number of alkyl halides is 2. The molecule has 2 fully saturated rings. The Bertz CT molecular complexity index is 624. The number of hydrogen-bond donors (Lipinski definition) is 0. The van der Waals surface area contributed by atoms with E-state index in [0.29, 0.717) is 11.6 Å². The molecule has 6 heteroatoms. The van der Waals surface area contributed by atoms with E-state index in [4.69, 9.17) is 5.26 Å². The topological polar surface area (TPSA) is 44.1 Å². The monoisotopic (exact) mass is 324 g/mol. The highest BCUT2D eigenvalue weighted by Crippen LogP contribution is 2.43. The molecule has 3 rings (SSSR count). The number of amides is 1. The summed E-state index contributed by atoms with van der Waals surface area (Å²) < 4.78 is 34.2. The summed E-state index contributed by atoms with van der Waals surface area (Å²) in [6.07, 6.45) is 0.562. The number of halogens is 3. The van der Waals surface area contributed by atoms with Crippen LogP contribution in [0, 0.1) is 23.1 Å². The summed E-state index contributed by atoms with van der Waals surface area (Å²) in [4.78, 5) is 14.1. The molecule has 124 valence electrons. The molecule has 0 spiro atoms. The Balaban J connectivity index is 0.000000433. The van der Waals surface area contributed by atoms with Crippen molar-refractivity contribution in [1.82, 2.24) is 4.90 Å². The van der Waals surface area contributed by atoms with E-state index in [1.54, 1.807) is 6.07 Å². The lowest BCUT2D eigenvalue weighted by Crippen LogP contribution is -2.31. The van der Waals surface area contributed by atoms with E-state index in [0.717, 1.165) is 31.7 Å². The third-order valence-electron chi connectivity index (χ3n) is 4.24. The molecule has 0 aromatic heterocycles. The Morgan fingerprint density at radius 2 is 1.96 bits per heavy atom. The van der Waals surface area contributed by atoms with E-state index in [2.05, 4.69) is 0 Å². The van der Waals surface area contributed by atoms with Gasteiger partial charge in [-0.3, -0.25) is 4.79 Å². The van der Waals surface area contributed by atoms with Crippen LogP contribution >= 0.6 is 0 Å². The van der Waals surface area contributed by atoms with Crippen molar-refractivity contribution >= 4 is 5.91 Å². The van der Waals surface area contributed by atoms with Crippen molar-refractivity contribution in [3.63, 3.8) is 0 Å². The summed E-state index contributed by atoms with van der Waals surface area (Å²) in [5, 5.41) is 8.91. The van der Waals surface area contributed by atoms with Gasteiger partial charge in [0.15, 0.2) is 0 Å². The molecule has 3 nitrogen and oxygen atoms in total. The minimum atomic E-state index is -2.17. The summed E-state index contributed by atoms with van der Waals surface area (Å²) in [6.45, 7) is 2.78. The maximum Gasteiger partial charge on any atom is 0.235 e. The zero-order chi connectivity index (χ0) is 17.1. The van der Waals surface area contributed by atoms with Gasteiger partial charge in [-0.25, -0.2) is 13.2 Å². The van der Waals surface area contributed by atoms with Gasteiger partial charge in [-0.15, -0.1) is 0 Å². The second kappa shape index (κ2) is 7.03. The molecular weight excluding hydrogens is 305 g/mol. The zero-order valence-electron chi connectivity index (χ0n) is 13.1. The predicted octanol–water partition coefficient (Wildman–Crippen LogP) is 4.04. The van der Waals surface area contributed by atoms with Gasteiger partial charge in [-0.2, -0.15) is 5.26 Å². The number of fused-ring (bicyclic) bond motifs is 1. The number of benzene rings is 1. The van der Waals surface area contributed by atoms with E-state index in [1.165, 1.54) is 12.1 Å². The van der Waals surface area contributed by atoms with Crippen molar-refractivity contribution in [1.29, 1.82) is 5.26 Å². The molecule has 3 atom stereocenters.